The molecule has 0 amide bonds. The van der Waals surface area contributed by atoms with Gasteiger partial charge in [-0.2, -0.15) is 0 Å². The number of methoxy groups -OCH3 is 1. The summed E-state index contributed by atoms with van der Waals surface area (Å²) in [4.78, 5) is 4.87. The van der Waals surface area contributed by atoms with Crippen molar-refractivity contribution in [3.8, 4) is 0 Å². The Balaban J connectivity index is 2.58. The molecule has 0 atom stereocenters. The lowest BCUT2D eigenvalue weighted by Gasteiger charge is -1.91. The number of rotatable bonds is 0. The molecule has 0 radical (unpaired) electrons. The average Bonchev–Trinajstić information content (AvgIpc) is 2.14. The van der Waals surface area contributed by atoms with E-state index in [-0.39, 0.29) is 0 Å². The summed E-state index contributed by atoms with van der Waals surface area (Å²) in [6.45, 7) is 0.437. The molecular formula is C4H7NO3. The summed E-state index contributed by atoms with van der Waals surface area (Å²) in [6, 6.07) is 0. The smallest absolute Gasteiger partial charge is 0.401 e. The van der Waals surface area contributed by atoms with Crippen molar-refractivity contribution < 1.29 is 14.5 Å². The minimum atomic E-state index is 0.352. The predicted octanol–water partition coefficient (Wildman–Crippen LogP) is -0.123. The van der Waals surface area contributed by atoms with Crippen LogP contribution in [0.5, 0.6) is 0 Å². The minimum absolute atomic E-state index is 0.352. The van der Waals surface area contributed by atoms with Crippen molar-refractivity contribution >= 4 is 5.90 Å². The van der Waals surface area contributed by atoms with Gasteiger partial charge in [-0.1, -0.05) is 0 Å². The fourth-order valence-corrected chi connectivity index (χ4v) is 0.556. The first-order valence-corrected chi connectivity index (χ1v) is 2.34. The molecule has 0 spiro atoms. The molecule has 0 fully saturated rings. The van der Waals surface area contributed by atoms with Crippen molar-refractivity contribution in [3.05, 3.63) is 5.21 Å². The molecule has 4 nitrogen and oxygen atoms in total. The lowest BCUT2D eigenvalue weighted by Crippen LogP contribution is -2.07. The SMILES string of the molecule is COC1=[N+]([O-])OCC1. The molecule has 0 aromatic heterocycles. The van der Waals surface area contributed by atoms with E-state index in [2.05, 4.69) is 9.57 Å². The van der Waals surface area contributed by atoms with E-state index in [0.717, 1.165) is 0 Å². The van der Waals surface area contributed by atoms with Gasteiger partial charge >= 0.3 is 5.90 Å². The zero-order valence-electron chi connectivity index (χ0n) is 4.59. The minimum Gasteiger partial charge on any atom is -0.447 e. The maximum absolute atomic E-state index is 10.3. The summed E-state index contributed by atoms with van der Waals surface area (Å²) >= 11 is 0. The van der Waals surface area contributed by atoms with E-state index in [4.69, 9.17) is 0 Å². The highest BCUT2D eigenvalue weighted by molar-refractivity contribution is 5.71. The lowest BCUT2D eigenvalue weighted by atomic mass is 10.5. The van der Waals surface area contributed by atoms with Crippen LogP contribution in [0.4, 0.5) is 0 Å². The van der Waals surface area contributed by atoms with E-state index >= 15 is 0 Å². The third-order valence-corrected chi connectivity index (χ3v) is 0.964. The maximum Gasteiger partial charge on any atom is 0.401 e. The molecule has 8 heavy (non-hydrogen) atoms. The van der Waals surface area contributed by atoms with Gasteiger partial charge in [0.25, 0.3) is 0 Å². The zero-order valence-corrected chi connectivity index (χ0v) is 4.59. The summed E-state index contributed by atoms with van der Waals surface area (Å²) < 4.78 is 4.63. The van der Waals surface area contributed by atoms with Crippen LogP contribution in [-0.4, -0.2) is 24.5 Å². The monoisotopic (exact) mass is 117 g/mol. The van der Waals surface area contributed by atoms with Crippen LogP contribution < -0.4 is 0 Å². The first-order valence-electron chi connectivity index (χ1n) is 2.34. The highest BCUT2D eigenvalue weighted by Gasteiger charge is 2.17. The largest absolute Gasteiger partial charge is 0.447 e. The summed E-state index contributed by atoms with van der Waals surface area (Å²) in [6.07, 6.45) is 0.583. The van der Waals surface area contributed by atoms with Crippen molar-refractivity contribution in [1.82, 2.24) is 0 Å². The Morgan fingerprint density at radius 2 is 2.62 bits per heavy atom. The number of ether oxygens (including phenoxy) is 1. The van der Waals surface area contributed by atoms with Gasteiger partial charge in [-0.25, -0.2) is 0 Å². The molecule has 0 N–H and O–H groups in total. The van der Waals surface area contributed by atoms with Gasteiger partial charge in [-0.15, -0.1) is 0 Å². The molecule has 0 unspecified atom stereocenters. The van der Waals surface area contributed by atoms with Crippen LogP contribution >= 0.6 is 0 Å². The Morgan fingerprint density at radius 1 is 1.88 bits per heavy atom. The highest BCUT2D eigenvalue weighted by atomic mass is 16.9. The van der Waals surface area contributed by atoms with Crippen LogP contribution in [0.2, 0.25) is 0 Å². The van der Waals surface area contributed by atoms with Crippen LogP contribution in [0, 0.1) is 5.21 Å². The van der Waals surface area contributed by atoms with E-state index < -0.39 is 0 Å². The molecule has 0 bridgehead atoms. The molecule has 0 aromatic carbocycles. The number of nitrogens with zero attached hydrogens (tertiary/aromatic N) is 1. The molecule has 1 aliphatic heterocycles. The first kappa shape index (κ1) is 5.21. The second-order valence-electron chi connectivity index (χ2n) is 1.44. The molecule has 0 saturated carbocycles. The van der Waals surface area contributed by atoms with Gasteiger partial charge in [0, 0.05) is 0 Å². The highest BCUT2D eigenvalue weighted by Crippen LogP contribution is 1.98. The zero-order chi connectivity index (χ0) is 5.98. The van der Waals surface area contributed by atoms with Crippen molar-refractivity contribution in [3.63, 3.8) is 0 Å². The molecule has 1 aliphatic rings. The summed E-state index contributed by atoms with van der Waals surface area (Å²) in [5.74, 6) is 0.352. The van der Waals surface area contributed by atoms with E-state index in [1.54, 1.807) is 0 Å². The van der Waals surface area contributed by atoms with Crippen LogP contribution in [0.3, 0.4) is 0 Å². The Bertz CT molecular complexity index is 120. The molecule has 1 rings (SSSR count). The Morgan fingerprint density at radius 3 is 2.88 bits per heavy atom. The summed E-state index contributed by atoms with van der Waals surface area (Å²) in [5, 5.41) is 10.3. The van der Waals surface area contributed by atoms with E-state index in [1.165, 1.54) is 7.11 Å². The second-order valence-corrected chi connectivity index (χ2v) is 1.44. The van der Waals surface area contributed by atoms with Crippen LogP contribution in [0.1, 0.15) is 6.42 Å². The van der Waals surface area contributed by atoms with Gasteiger partial charge in [0.1, 0.15) is 0 Å². The molecule has 0 saturated heterocycles. The molecule has 4 heteroatoms. The molecule has 0 aliphatic carbocycles. The third kappa shape index (κ3) is 0.685. The van der Waals surface area contributed by atoms with Gasteiger partial charge in [0.2, 0.25) is 0 Å². The second kappa shape index (κ2) is 1.90. The maximum atomic E-state index is 10.3. The first-order chi connectivity index (χ1) is 3.84. The predicted molar refractivity (Wildman–Crippen MR) is 26.2 cm³/mol. The van der Waals surface area contributed by atoms with Crippen molar-refractivity contribution in [2.75, 3.05) is 13.7 Å². The summed E-state index contributed by atoms with van der Waals surface area (Å²) in [7, 11) is 1.45. The fraction of sp³-hybridized carbons (Fsp3) is 0.750. The van der Waals surface area contributed by atoms with Crippen molar-refractivity contribution in [2.24, 2.45) is 0 Å². The molecular weight excluding hydrogens is 110 g/mol. The van der Waals surface area contributed by atoms with Crippen LogP contribution in [0.25, 0.3) is 0 Å². The van der Waals surface area contributed by atoms with Gasteiger partial charge in [-0.3, -0.25) is 5.21 Å². The Kier molecular flexibility index (Phi) is 1.24. The fourth-order valence-electron chi connectivity index (χ4n) is 0.556. The van der Waals surface area contributed by atoms with E-state index in [9.17, 15) is 5.21 Å². The van der Waals surface area contributed by atoms with E-state index in [0.29, 0.717) is 23.8 Å². The van der Waals surface area contributed by atoms with Crippen molar-refractivity contribution in [1.29, 1.82) is 0 Å². The lowest BCUT2D eigenvalue weighted by molar-refractivity contribution is -0.734. The van der Waals surface area contributed by atoms with Gasteiger partial charge in [-0.05, 0) is 0 Å². The molecule has 1 heterocycles. The molecule has 46 valence electrons. The van der Waals surface area contributed by atoms with Gasteiger partial charge < -0.3 is 9.57 Å². The average molecular weight is 117 g/mol. The topological polar surface area (TPSA) is 44.5 Å². The standard InChI is InChI=1S/C4H7NO3/c1-7-4-2-3-8-5(4)6/h2-3H2,1H3. The van der Waals surface area contributed by atoms with Crippen molar-refractivity contribution in [2.45, 2.75) is 6.42 Å². The quantitative estimate of drug-likeness (QED) is 0.415. The van der Waals surface area contributed by atoms with Gasteiger partial charge in [0.05, 0.1) is 25.0 Å². The van der Waals surface area contributed by atoms with Crippen LogP contribution in [-0.2, 0) is 9.57 Å². The molecule has 0 aromatic rings. The third-order valence-electron chi connectivity index (χ3n) is 0.964. The van der Waals surface area contributed by atoms with Gasteiger partial charge in [0.15, 0.2) is 0 Å². The Labute approximate surface area is 46.9 Å². The summed E-state index contributed by atoms with van der Waals surface area (Å²) in [5.41, 5.74) is 0. The Hall–Kier alpha value is -0.930. The number of hydrogen-bond donors (Lipinski definition) is 0. The normalized spacial score (nSPS) is 18.6. The number of hydrogen-bond acceptors (Lipinski definition) is 3. The van der Waals surface area contributed by atoms with E-state index in [1.807, 2.05) is 0 Å². The van der Waals surface area contributed by atoms with Crippen LogP contribution in [0.15, 0.2) is 0 Å².